The molecule has 0 amide bonds. The second-order valence-electron chi connectivity index (χ2n) is 5.21. The Morgan fingerprint density at radius 2 is 2.15 bits per heavy atom. The Morgan fingerprint density at radius 1 is 1.30 bits per heavy atom. The van der Waals surface area contributed by atoms with Crippen LogP contribution in [0.4, 0.5) is 4.39 Å². The van der Waals surface area contributed by atoms with Crippen molar-refractivity contribution in [3.05, 3.63) is 35.1 Å². The molecule has 0 bridgehead atoms. The molecule has 0 aromatic heterocycles. The molecule has 0 spiro atoms. The van der Waals surface area contributed by atoms with Crippen molar-refractivity contribution < 1.29 is 14.6 Å². The minimum absolute atomic E-state index is 0.221. The number of likely N-dealkylation sites (tertiary alicyclic amines) is 1. The van der Waals surface area contributed by atoms with Gasteiger partial charge in [-0.05, 0) is 49.1 Å². The van der Waals surface area contributed by atoms with Crippen molar-refractivity contribution in [3.63, 3.8) is 0 Å². The third-order valence-corrected chi connectivity index (χ3v) is 3.58. The zero-order valence-electron chi connectivity index (χ0n) is 11.5. The molecule has 1 unspecified atom stereocenters. The maximum absolute atomic E-state index is 13.5. The van der Waals surface area contributed by atoms with Gasteiger partial charge in [0, 0.05) is 25.3 Å². The molecule has 1 aromatic rings. The standard InChI is InChI=1S/C16H20FNO2/c17-16-9-14(2-1-6-19)8-15(10-16)12-18-5-3-13(11-18)4-7-20/h8-10,13,19-20H,3-7,11-12H2. The molecule has 1 saturated heterocycles. The van der Waals surface area contributed by atoms with Gasteiger partial charge in [0.2, 0.25) is 0 Å². The number of aliphatic hydroxyl groups excluding tert-OH is 2. The van der Waals surface area contributed by atoms with Crippen LogP contribution in [0.1, 0.15) is 24.0 Å². The molecule has 1 heterocycles. The highest BCUT2D eigenvalue weighted by Gasteiger charge is 2.21. The van der Waals surface area contributed by atoms with Crippen molar-refractivity contribution >= 4 is 0 Å². The highest BCUT2D eigenvalue weighted by atomic mass is 19.1. The van der Waals surface area contributed by atoms with Crippen molar-refractivity contribution in [3.8, 4) is 11.8 Å². The fourth-order valence-corrected chi connectivity index (χ4v) is 2.69. The number of hydrogen-bond acceptors (Lipinski definition) is 3. The zero-order valence-corrected chi connectivity index (χ0v) is 11.5. The Hall–Kier alpha value is -1.41. The highest BCUT2D eigenvalue weighted by molar-refractivity contribution is 5.37. The summed E-state index contributed by atoms with van der Waals surface area (Å²) < 4.78 is 13.5. The number of halogens is 1. The normalized spacial score (nSPS) is 18.9. The van der Waals surface area contributed by atoms with E-state index in [4.69, 9.17) is 10.2 Å². The van der Waals surface area contributed by atoms with Gasteiger partial charge in [0.05, 0.1) is 0 Å². The summed E-state index contributed by atoms with van der Waals surface area (Å²) in [6.45, 7) is 2.65. The van der Waals surface area contributed by atoms with Gasteiger partial charge in [-0.25, -0.2) is 4.39 Å². The monoisotopic (exact) mass is 277 g/mol. The lowest BCUT2D eigenvalue weighted by Crippen LogP contribution is -2.20. The van der Waals surface area contributed by atoms with Gasteiger partial charge in [-0.2, -0.15) is 0 Å². The summed E-state index contributed by atoms with van der Waals surface area (Å²) in [5.41, 5.74) is 1.50. The van der Waals surface area contributed by atoms with Crippen LogP contribution in [0, 0.1) is 23.6 Å². The van der Waals surface area contributed by atoms with Crippen molar-refractivity contribution in [2.24, 2.45) is 5.92 Å². The molecule has 1 aliphatic rings. The fraction of sp³-hybridized carbons (Fsp3) is 0.500. The first-order valence-electron chi connectivity index (χ1n) is 6.93. The molecule has 1 fully saturated rings. The Bertz CT molecular complexity index is 507. The SMILES string of the molecule is OCC#Cc1cc(F)cc(CN2CCC(CCO)C2)c1. The van der Waals surface area contributed by atoms with Gasteiger partial charge in [0.25, 0.3) is 0 Å². The maximum Gasteiger partial charge on any atom is 0.124 e. The summed E-state index contributed by atoms with van der Waals surface area (Å²) in [5.74, 6) is 5.52. The molecular weight excluding hydrogens is 257 g/mol. The third-order valence-electron chi connectivity index (χ3n) is 3.58. The number of hydrogen-bond donors (Lipinski definition) is 2. The van der Waals surface area contributed by atoms with Gasteiger partial charge in [0.1, 0.15) is 12.4 Å². The van der Waals surface area contributed by atoms with E-state index in [2.05, 4.69) is 16.7 Å². The van der Waals surface area contributed by atoms with Crippen LogP contribution in [-0.4, -0.2) is 41.4 Å². The van der Waals surface area contributed by atoms with Crippen LogP contribution >= 0.6 is 0 Å². The maximum atomic E-state index is 13.5. The number of nitrogens with zero attached hydrogens (tertiary/aromatic N) is 1. The Balaban J connectivity index is 2.01. The topological polar surface area (TPSA) is 43.7 Å². The molecule has 4 heteroatoms. The van der Waals surface area contributed by atoms with E-state index in [1.54, 1.807) is 0 Å². The number of benzene rings is 1. The molecule has 1 aromatic carbocycles. The predicted octanol–water partition coefficient (Wildman–Crippen LogP) is 1.37. The van der Waals surface area contributed by atoms with Crippen LogP contribution in [0.25, 0.3) is 0 Å². The summed E-state index contributed by atoms with van der Waals surface area (Å²) in [6.07, 6.45) is 1.93. The minimum Gasteiger partial charge on any atom is -0.396 e. The summed E-state index contributed by atoms with van der Waals surface area (Å²) in [7, 11) is 0. The molecule has 3 nitrogen and oxygen atoms in total. The van der Waals surface area contributed by atoms with Crippen LogP contribution < -0.4 is 0 Å². The van der Waals surface area contributed by atoms with E-state index in [9.17, 15) is 4.39 Å². The average molecular weight is 277 g/mol. The first-order chi connectivity index (χ1) is 9.71. The molecule has 108 valence electrons. The van der Waals surface area contributed by atoms with Crippen molar-refractivity contribution in [2.45, 2.75) is 19.4 Å². The van der Waals surface area contributed by atoms with E-state index in [-0.39, 0.29) is 19.0 Å². The number of rotatable bonds is 4. The lowest BCUT2D eigenvalue weighted by molar-refractivity contribution is 0.249. The van der Waals surface area contributed by atoms with E-state index >= 15 is 0 Å². The predicted molar refractivity (Wildman–Crippen MR) is 75.5 cm³/mol. The largest absolute Gasteiger partial charge is 0.396 e. The second kappa shape index (κ2) is 7.39. The Kier molecular flexibility index (Phi) is 5.54. The summed E-state index contributed by atoms with van der Waals surface area (Å²) in [5, 5.41) is 17.6. The average Bonchev–Trinajstić information content (AvgIpc) is 2.83. The summed E-state index contributed by atoms with van der Waals surface area (Å²) in [6, 6.07) is 4.78. The molecule has 1 aliphatic heterocycles. The first-order valence-corrected chi connectivity index (χ1v) is 6.93. The lowest BCUT2D eigenvalue weighted by atomic mass is 10.1. The third kappa shape index (κ3) is 4.31. The Morgan fingerprint density at radius 3 is 2.90 bits per heavy atom. The zero-order chi connectivity index (χ0) is 14.4. The fourth-order valence-electron chi connectivity index (χ4n) is 2.69. The van der Waals surface area contributed by atoms with Crippen LogP contribution in [0.5, 0.6) is 0 Å². The molecule has 0 aliphatic carbocycles. The van der Waals surface area contributed by atoms with Gasteiger partial charge in [-0.3, -0.25) is 4.90 Å². The van der Waals surface area contributed by atoms with Gasteiger partial charge in [0.15, 0.2) is 0 Å². The van der Waals surface area contributed by atoms with Gasteiger partial charge in [-0.1, -0.05) is 11.8 Å². The molecule has 0 radical (unpaired) electrons. The number of aliphatic hydroxyl groups is 2. The molecule has 2 rings (SSSR count). The Labute approximate surface area is 119 Å². The molecule has 0 saturated carbocycles. The second-order valence-corrected chi connectivity index (χ2v) is 5.21. The van der Waals surface area contributed by atoms with E-state index in [1.165, 1.54) is 12.1 Å². The van der Waals surface area contributed by atoms with Crippen LogP contribution in [-0.2, 0) is 6.54 Å². The molecule has 20 heavy (non-hydrogen) atoms. The molecule has 1 atom stereocenters. The quantitative estimate of drug-likeness (QED) is 0.817. The summed E-state index contributed by atoms with van der Waals surface area (Å²) >= 11 is 0. The van der Waals surface area contributed by atoms with Gasteiger partial charge < -0.3 is 10.2 Å². The van der Waals surface area contributed by atoms with E-state index < -0.39 is 0 Å². The summed E-state index contributed by atoms with van der Waals surface area (Å²) in [4.78, 5) is 2.28. The minimum atomic E-state index is -0.296. The van der Waals surface area contributed by atoms with Crippen LogP contribution in [0.2, 0.25) is 0 Å². The van der Waals surface area contributed by atoms with E-state index in [1.807, 2.05) is 6.07 Å². The van der Waals surface area contributed by atoms with E-state index in [0.29, 0.717) is 18.0 Å². The highest BCUT2D eigenvalue weighted by Crippen LogP contribution is 2.21. The smallest absolute Gasteiger partial charge is 0.124 e. The molecular formula is C16H20FNO2. The van der Waals surface area contributed by atoms with Crippen LogP contribution in [0.15, 0.2) is 18.2 Å². The lowest BCUT2D eigenvalue weighted by Gasteiger charge is -2.16. The van der Waals surface area contributed by atoms with Crippen LogP contribution in [0.3, 0.4) is 0 Å². The van der Waals surface area contributed by atoms with E-state index in [0.717, 1.165) is 31.5 Å². The van der Waals surface area contributed by atoms with Gasteiger partial charge >= 0.3 is 0 Å². The van der Waals surface area contributed by atoms with Crippen molar-refractivity contribution in [1.29, 1.82) is 0 Å². The molecule has 2 N–H and O–H groups in total. The van der Waals surface area contributed by atoms with Crippen molar-refractivity contribution in [2.75, 3.05) is 26.3 Å². The first kappa shape index (κ1) is 15.0. The van der Waals surface area contributed by atoms with Gasteiger partial charge in [-0.15, -0.1) is 0 Å². The van der Waals surface area contributed by atoms with Crippen molar-refractivity contribution in [1.82, 2.24) is 4.90 Å².